The molecule has 1 atom stereocenters. The van der Waals surface area contributed by atoms with Crippen LogP contribution in [0.4, 0.5) is 0 Å². The van der Waals surface area contributed by atoms with E-state index >= 15 is 0 Å². The van der Waals surface area contributed by atoms with Crippen LogP contribution < -0.4 is 15.8 Å². The lowest BCUT2D eigenvalue weighted by Gasteiger charge is -2.12. The molecule has 24 heavy (non-hydrogen) atoms. The Kier molecular flexibility index (Phi) is 6.50. The first kappa shape index (κ1) is 18.6. The van der Waals surface area contributed by atoms with E-state index in [0.29, 0.717) is 13.0 Å². The van der Waals surface area contributed by atoms with Gasteiger partial charge in [-0.3, -0.25) is 4.79 Å². The lowest BCUT2D eigenvalue weighted by Crippen LogP contribution is -2.31. The van der Waals surface area contributed by atoms with Crippen molar-refractivity contribution >= 4 is 27.3 Å². The van der Waals surface area contributed by atoms with E-state index in [2.05, 4.69) is 10.0 Å². The zero-order chi connectivity index (χ0) is 17.6. The molecule has 0 fully saturated rings. The van der Waals surface area contributed by atoms with Crippen LogP contribution in [-0.4, -0.2) is 27.4 Å². The Balaban J connectivity index is 1.93. The standard InChI is InChI=1S/C16H21N3O3S2/c1-12(20)18-10-9-14-7-8-16(23-14)24(21,22)19-11-15(17)13-5-3-2-4-6-13/h2-8,15,19H,9-11,17H2,1H3,(H,18,20). The Bertz CT molecular complexity index is 773. The van der Waals surface area contributed by atoms with Crippen LogP contribution in [0.2, 0.25) is 0 Å². The van der Waals surface area contributed by atoms with Gasteiger partial charge in [0.05, 0.1) is 0 Å². The van der Waals surface area contributed by atoms with Crippen molar-refractivity contribution in [3.8, 4) is 0 Å². The average molecular weight is 367 g/mol. The molecule has 1 heterocycles. The predicted octanol–water partition coefficient (Wildman–Crippen LogP) is 1.41. The number of benzene rings is 1. The van der Waals surface area contributed by atoms with Crippen LogP contribution in [0.15, 0.2) is 46.7 Å². The van der Waals surface area contributed by atoms with Crippen molar-refractivity contribution in [3.63, 3.8) is 0 Å². The predicted molar refractivity (Wildman–Crippen MR) is 95.3 cm³/mol. The van der Waals surface area contributed by atoms with Gasteiger partial charge in [-0.2, -0.15) is 0 Å². The molecule has 1 amide bonds. The molecule has 1 unspecified atom stereocenters. The second kappa shape index (κ2) is 8.39. The Labute approximate surface area is 146 Å². The molecule has 2 aromatic rings. The molecule has 130 valence electrons. The molecule has 4 N–H and O–H groups in total. The van der Waals surface area contributed by atoms with Gasteiger partial charge in [0.25, 0.3) is 0 Å². The highest BCUT2D eigenvalue weighted by Gasteiger charge is 2.18. The number of hydrogen-bond acceptors (Lipinski definition) is 5. The highest BCUT2D eigenvalue weighted by atomic mass is 32.2. The maximum atomic E-state index is 12.3. The summed E-state index contributed by atoms with van der Waals surface area (Å²) < 4.78 is 27.5. The maximum Gasteiger partial charge on any atom is 0.250 e. The molecule has 1 aromatic carbocycles. The molecular formula is C16H21N3O3S2. The summed E-state index contributed by atoms with van der Waals surface area (Å²) in [5.41, 5.74) is 6.89. The fraction of sp³-hybridized carbons (Fsp3) is 0.312. The first-order valence-electron chi connectivity index (χ1n) is 7.52. The third-order valence-electron chi connectivity index (χ3n) is 3.37. The van der Waals surface area contributed by atoms with Gasteiger partial charge < -0.3 is 11.1 Å². The van der Waals surface area contributed by atoms with Crippen LogP contribution in [0.3, 0.4) is 0 Å². The molecule has 0 aliphatic heterocycles. The minimum atomic E-state index is -3.58. The number of hydrogen-bond donors (Lipinski definition) is 3. The van der Waals surface area contributed by atoms with Gasteiger partial charge >= 0.3 is 0 Å². The lowest BCUT2D eigenvalue weighted by molar-refractivity contribution is -0.118. The Morgan fingerprint density at radius 3 is 2.58 bits per heavy atom. The van der Waals surface area contributed by atoms with E-state index in [0.717, 1.165) is 10.4 Å². The van der Waals surface area contributed by atoms with Crippen molar-refractivity contribution < 1.29 is 13.2 Å². The highest BCUT2D eigenvalue weighted by molar-refractivity contribution is 7.91. The summed E-state index contributed by atoms with van der Waals surface area (Å²) in [5.74, 6) is -0.101. The van der Waals surface area contributed by atoms with Crippen LogP contribution in [0.5, 0.6) is 0 Å². The number of nitrogens with one attached hydrogen (secondary N) is 2. The van der Waals surface area contributed by atoms with Crippen LogP contribution in [0.25, 0.3) is 0 Å². The monoisotopic (exact) mass is 367 g/mol. The van der Waals surface area contributed by atoms with Gasteiger partial charge in [-0.25, -0.2) is 13.1 Å². The minimum Gasteiger partial charge on any atom is -0.356 e. The Morgan fingerprint density at radius 2 is 1.92 bits per heavy atom. The Morgan fingerprint density at radius 1 is 1.21 bits per heavy atom. The van der Waals surface area contributed by atoms with E-state index < -0.39 is 16.1 Å². The quantitative estimate of drug-likeness (QED) is 0.656. The zero-order valence-electron chi connectivity index (χ0n) is 13.4. The molecule has 0 saturated carbocycles. The minimum absolute atomic E-state index is 0.101. The number of carbonyl (C=O) groups is 1. The molecule has 2 rings (SSSR count). The molecule has 0 radical (unpaired) electrons. The van der Waals surface area contributed by atoms with Gasteiger partial charge in [0.1, 0.15) is 4.21 Å². The van der Waals surface area contributed by atoms with Gasteiger partial charge in [0, 0.05) is 30.9 Å². The van der Waals surface area contributed by atoms with Gasteiger partial charge in [-0.1, -0.05) is 30.3 Å². The third kappa shape index (κ3) is 5.41. The number of thiophene rings is 1. The van der Waals surface area contributed by atoms with Crippen LogP contribution >= 0.6 is 11.3 Å². The molecule has 0 aliphatic carbocycles. The molecule has 0 aliphatic rings. The highest BCUT2D eigenvalue weighted by Crippen LogP contribution is 2.22. The summed E-state index contributed by atoms with van der Waals surface area (Å²) >= 11 is 1.20. The van der Waals surface area contributed by atoms with Crippen molar-refractivity contribution in [1.82, 2.24) is 10.0 Å². The van der Waals surface area contributed by atoms with Crippen LogP contribution in [-0.2, 0) is 21.2 Å². The SMILES string of the molecule is CC(=O)NCCc1ccc(S(=O)(=O)NCC(N)c2ccccc2)s1. The van der Waals surface area contributed by atoms with Crippen molar-refractivity contribution in [1.29, 1.82) is 0 Å². The van der Waals surface area contributed by atoms with E-state index in [1.54, 1.807) is 12.1 Å². The number of sulfonamides is 1. The van der Waals surface area contributed by atoms with Crippen molar-refractivity contribution in [2.75, 3.05) is 13.1 Å². The first-order chi connectivity index (χ1) is 11.4. The largest absolute Gasteiger partial charge is 0.356 e. The van der Waals surface area contributed by atoms with Gasteiger partial charge in [0.15, 0.2) is 0 Å². The summed E-state index contributed by atoms with van der Waals surface area (Å²) in [4.78, 5) is 11.7. The summed E-state index contributed by atoms with van der Waals surface area (Å²) in [6.45, 7) is 2.07. The van der Waals surface area contributed by atoms with Crippen LogP contribution in [0, 0.1) is 0 Å². The van der Waals surface area contributed by atoms with E-state index in [1.165, 1.54) is 18.3 Å². The maximum absolute atomic E-state index is 12.3. The average Bonchev–Trinajstić information content (AvgIpc) is 3.03. The topological polar surface area (TPSA) is 101 Å². The Hall–Kier alpha value is -1.74. The first-order valence-corrected chi connectivity index (χ1v) is 9.82. The fourth-order valence-corrected chi connectivity index (χ4v) is 4.55. The molecule has 0 saturated heterocycles. The van der Waals surface area contributed by atoms with E-state index in [4.69, 9.17) is 5.73 Å². The van der Waals surface area contributed by atoms with Crippen LogP contribution in [0.1, 0.15) is 23.4 Å². The van der Waals surface area contributed by atoms with Gasteiger partial charge in [-0.15, -0.1) is 11.3 Å². The molecule has 0 bridgehead atoms. The lowest BCUT2D eigenvalue weighted by atomic mass is 10.1. The molecule has 6 nitrogen and oxygen atoms in total. The van der Waals surface area contributed by atoms with Crippen molar-refractivity contribution in [2.24, 2.45) is 5.73 Å². The second-order valence-corrected chi connectivity index (χ2v) is 8.48. The number of nitrogens with two attached hydrogens (primary N) is 1. The summed E-state index contributed by atoms with van der Waals surface area (Å²) in [7, 11) is -3.58. The third-order valence-corrected chi connectivity index (χ3v) is 6.43. The summed E-state index contributed by atoms with van der Waals surface area (Å²) in [6, 6.07) is 12.3. The number of rotatable bonds is 8. The molecule has 1 aromatic heterocycles. The van der Waals surface area contributed by atoms with Crippen molar-refractivity contribution in [2.45, 2.75) is 23.6 Å². The normalized spacial score (nSPS) is 12.8. The van der Waals surface area contributed by atoms with E-state index in [1.807, 2.05) is 30.3 Å². The molecule has 8 heteroatoms. The van der Waals surface area contributed by atoms with Gasteiger partial charge in [-0.05, 0) is 24.1 Å². The molecular weight excluding hydrogens is 346 g/mol. The summed E-state index contributed by atoms with van der Waals surface area (Å²) in [5, 5.41) is 2.69. The van der Waals surface area contributed by atoms with Gasteiger partial charge in [0.2, 0.25) is 15.9 Å². The fourth-order valence-electron chi connectivity index (χ4n) is 2.09. The van der Waals surface area contributed by atoms with E-state index in [-0.39, 0.29) is 16.7 Å². The number of carbonyl (C=O) groups excluding carboxylic acids is 1. The smallest absolute Gasteiger partial charge is 0.250 e. The zero-order valence-corrected chi connectivity index (χ0v) is 15.0. The second-order valence-electron chi connectivity index (χ2n) is 5.32. The van der Waals surface area contributed by atoms with Crippen molar-refractivity contribution in [3.05, 3.63) is 52.9 Å². The number of amides is 1. The van der Waals surface area contributed by atoms with E-state index in [9.17, 15) is 13.2 Å². The molecule has 0 spiro atoms. The summed E-state index contributed by atoms with van der Waals surface area (Å²) in [6.07, 6.45) is 0.600.